The van der Waals surface area contributed by atoms with Crippen molar-refractivity contribution in [3.63, 3.8) is 0 Å². The van der Waals surface area contributed by atoms with Gasteiger partial charge in [-0.2, -0.15) is 0 Å². The van der Waals surface area contributed by atoms with E-state index < -0.39 is 0 Å². The third-order valence-electron chi connectivity index (χ3n) is 3.69. The van der Waals surface area contributed by atoms with Crippen molar-refractivity contribution in [2.75, 3.05) is 7.05 Å². The van der Waals surface area contributed by atoms with Gasteiger partial charge in [-0.3, -0.25) is 4.98 Å². The second-order valence-electron chi connectivity index (χ2n) is 4.79. The Morgan fingerprint density at radius 3 is 2.47 bits per heavy atom. The van der Waals surface area contributed by atoms with Crippen LogP contribution in [0.4, 0.5) is 0 Å². The second kappa shape index (κ2) is 6.18. The SMILES string of the molecule is CNC(c1cccc(Cl)c1C)C(C)c1ccncc1. The minimum Gasteiger partial charge on any atom is -0.312 e. The minimum absolute atomic E-state index is 0.237. The number of hydrogen-bond donors (Lipinski definition) is 1. The summed E-state index contributed by atoms with van der Waals surface area (Å²) in [5.74, 6) is 0.352. The quantitative estimate of drug-likeness (QED) is 0.908. The Bertz CT molecular complexity index is 540. The van der Waals surface area contributed by atoms with Gasteiger partial charge in [0.2, 0.25) is 0 Å². The molecule has 2 unspecified atom stereocenters. The molecule has 0 bridgehead atoms. The second-order valence-corrected chi connectivity index (χ2v) is 5.20. The lowest BCUT2D eigenvalue weighted by atomic mass is 9.87. The molecule has 0 aliphatic rings. The lowest BCUT2D eigenvalue weighted by molar-refractivity contribution is 0.505. The van der Waals surface area contributed by atoms with Crippen LogP contribution in [0.3, 0.4) is 0 Å². The van der Waals surface area contributed by atoms with Crippen LogP contribution in [0.1, 0.15) is 35.6 Å². The number of nitrogens with one attached hydrogen (secondary N) is 1. The smallest absolute Gasteiger partial charge is 0.0438 e. The molecular weight excluding hydrogens is 256 g/mol. The van der Waals surface area contributed by atoms with E-state index in [1.165, 1.54) is 11.1 Å². The van der Waals surface area contributed by atoms with Crippen LogP contribution in [0, 0.1) is 6.92 Å². The molecule has 2 atom stereocenters. The lowest BCUT2D eigenvalue weighted by Crippen LogP contribution is -2.23. The van der Waals surface area contributed by atoms with Crippen LogP contribution < -0.4 is 5.32 Å². The van der Waals surface area contributed by atoms with Crippen LogP contribution in [0.5, 0.6) is 0 Å². The first kappa shape index (κ1) is 14.0. The summed E-state index contributed by atoms with van der Waals surface area (Å²) in [5.41, 5.74) is 3.66. The number of halogens is 1. The van der Waals surface area contributed by atoms with Crippen LogP contribution >= 0.6 is 11.6 Å². The van der Waals surface area contributed by atoms with E-state index in [9.17, 15) is 0 Å². The van der Waals surface area contributed by atoms with Crippen molar-refractivity contribution >= 4 is 11.6 Å². The van der Waals surface area contributed by atoms with Gasteiger partial charge in [0.25, 0.3) is 0 Å². The van der Waals surface area contributed by atoms with Gasteiger partial charge in [-0.25, -0.2) is 0 Å². The third kappa shape index (κ3) is 2.96. The Kier molecular flexibility index (Phi) is 4.56. The first-order valence-corrected chi connectivity index (χ1v) is 6.85. The molecule has 0 amide bonds. The van der Waals surface area contributed by atoms with E-state index >= 15 is 0 Å². The van der Waals surface area contributed by atoms with Gasteiger partial charge in [-0.15, -0.1) is 0 Å². The van der Waals surface area contributed by atoms with E-state index in [-0.39, 0.29) is 6.04 Å². The van der Waals surface area contributed by atoms with Gasteiger partial charge >= 0.3 is 0 Å². The molecule has 0 aliphatic carbocycles. The summed E-state index contributed by atoms with van der Waals surface area (Å²) in [4.78, 5) is 4.08. The highest BCUT2D eigenvalue weighted by Crippen LogP contribution is 2.33. The fraction of sp³-hybridized carbons (Fsp3) is 0.312. The molecule has 0 saturated carbocycles. The normalized spacial score (nSPS) is 14.1. The molecule has 1 N–H and O–H groups in total. The summed E-state index contributed by atoms with van der Waals surface area (Å²) < 4.78 is 0. The number of nitrogens with zero attached hydrogens (tertiary/aromatic N) is 1. The van der Waals surface area contributed by atoms with Crippen molar-refractivity contribution in [1.82, 2.24) is 10.3 Å². The van der Waals surface area contributed by atoms with Gasteiger partial charge < -0.3 is 5.32 Å². The Hall–Kier alpha value is -1.38. The Morgan fingerprint density at radius 2 is 1.84 bits per heavy atom. The lowest BCUT2D eigenvalue weighted by Gasteiger charge is -2.26. The number of aromatic nitrogens is 1. The predicted molar refractivity (Wildman–Crippen MR) is 80.6 cm³/mol. The number of rotatable bonds is 4. The first-order valence-electron chi connectivity index (χ1n) is 6.47. The highest BCUT2D eigenvalue weighted by Gasteiger charge is 2.21. The minimum atomic E-state index is 0.237. The maximum absolute atomic E-state index is 6.23. The van der Waals surface area contributed by atoms with Crippen molar-refractivity contribution in [3.8, 4) is 0 Å². The summed E-state index contributed by atoms with van der Waals surface area (Å²) in [5, 5.41) is 4.22. The molecule has 2 aromatic rings. The van der Waals surface area contributed by atoms with Gasteiger partial charge in [-0.05, 0) is 48.9 Å². The summed E-state index contributed by atoms with van der Waals surface area (Å²) in [7, 11) is 1.99. The molecule has 1 heterocycles. The van der Waals surface area contributed by atoms with E-state index in [0.29, 0.717) is 5.92 Å². The van der Waals surface area contributed by atoms with Gasteiger partial charge in [0.05, 0.1) is 0 Å². The summed E-state index contributed by atoms with van der Waals surface area (Å²) in [6.07, 6.45) is 3.67. The highest BCUT2D eigenvalue weighted by atomic mass is 35.5. The van der Waals surface area contributed by atoms with Crippen LogP contribution in [0.2, 0.25) is 5.02 Å². The fourth-order valence-corrected chi connectivity index (χ4v) is 2.68. The van der Waals surface area contributed by atoms with E-state index in [1.807, 2.05) is 31.6 Å². The molecule has 0 saturated heterocycles. The number of benzene rings is 1. The summed E-state index contributed by atoms with van der Waals surface area (Å²) >= 11 is 6.23. The van der Waals surface area contributed by atoms with E-state index in [2.05, 4.69) is 42.3 Å². The van der Waals surface area contributed by atoms with Crippen molar-refractivity contribution in [3.05, 3.63) is 64.4 Å². The summed E-state index contributed by atoms with van der Waals surface area (Å²) in [6, 6.07) is 10.4. The molecule has 1 aromatic carbocycles. The molecule has 3 heteroatoms. The van der Waals surface area contributed by atoms with Crippen LogP contribution in [0.15, 0.2) is 42.7 Å². The van der Waals surface area contributed by atoms with Gasteiger partial charge in [-0.1, -0.05) is 30.7 Å². The maximum Gasteiger partial charge on any atom is 0.0438 e. The summed E-state index contributed by atoms with van der Waals surface area (Å²) in [6.45, 7) is 4.29. The number of likely N-dealkylation sites (N-methyl/N-ethyl adjacent to an activating group) is 1. The maximum atomic E-state index is 6.23. The molecule has 0 fully saturated rings. The predicted octanol–water partition coefficient (Wildman–Crippen LogP) is 4.11. The van der Waals surface area contributed by atoms with Crippen LogP contribution in [-0.4, -0.2) is 12.0 Å². The highest BCUT2D eigenvalue weighted by molar-refractivity contribution is 6.31. The monoisotopic (exact) mass is 274 g/mol. The molecule has 2 rings (SSSR count). The first-order chi connectivity index (χ1) is 9.15. The molecule has 0 aliphatic heterocycles. The van der Waals surface area contributed by atoms with Crippen molar-refractivity contribution in [1.29, 1.82) is 0 Å². The van der Waals surface area contributed by atoms with Crippen LogP contribution in [0.25, 0.3) is 0 Å². The topological polar surface area (TPSA) is 24.9 Å². The molecule has 19 heavy (non-hydrogen) atoms. The van der Waals surface area contributed by atoms with E-state index in [1.54, 1.807) is 0 Å². The fourth-order valence-electron chi connectivity index (χ4n) is 2.50. The van der Waals surface area contributed by atoms with E-state index in [4.69, 9.17) is 11.6 Å². The molecular formula is C16H19ClN2. The molecule has 0 radical (unpaired) electrons. The largest absolute Gasteiger partial charge is 0.312 e. The van der Waals surface area contributed by atoms with Crippen molar-refractivity contribution < 1.29 is 0 Å². The van der Waals surface area contributed by atoms with Crippen molar-refractivity contribution in [2.24, 2.45) is 0 Å². The number of pyridine rings is 1. The van der Waals surface area contributed by atoms with Crippen LogP contribution in [-0.2, 0) is 0 Å². The average molecular weight is 275 g/mol. The Labute approximate surface area is 119 Å². The average Bonchev–Trinajstić information content (AvgIpc) is 2.45. The zero-order chi connectivity index (χ0) is 13.8. The van der Waals surface area contributed by atoms with Gasteiger partial charge in [0.1, 0.15) is 0 Å². The van der Waals surface area contributed by atoms with Crippen molar-refractivity contribution in [2.45, 2.75) is 25.8 Å². The Balaban J connectivity index is 2.37. The molecule has 1 aromatic heterocycles. The zero-order valence-corrected chi connectivity index (χ0v) is 12.3. The molecule has 0 spiro atoms. The molecule has 2 nitrogen and oxygen atoms in total. The van der Waals surface area contributed by atoms with Gasteiger partial charge in [0, 0.05) is 29.4 Å². The van der Waals surface area contributed by atoms with Gasteiger partial charge in [0.15, 0.2) is 0 Å². The number of hydrogen-bond acceptors (Lipinski definition) is 2. The standard InChI is InChI=1S/C16H19ClN2/c1-11(13-7-9-19-10-8-13)16(18-3)14-5-4-6-15(17)12(14)2/h4-11,16,18H,1-3H3. The molecule has 100 valence electrons. The third-order valence-corrected chi connectivity index (χ3v) is 4.10. The van der Waals surface area contributed by atoms with E-state index in [0.717, 1.165) is 10.6 Å². The zero-order valence-electron chi connectivity index (χ0n) is 11.5. The Morgan fingerprint density at radius 1 is 1.16 bits per heavy atom.